The summed E-state index contributed by atoms with van der Waals surface area (Å²) >= 11 is 3.13. The number of carbonyl (C=O) groups is 3. The van der Waals surface area contributed by atoms with E-state index in [1.54, 1.807) is 18.4 Å². The fourth-order valence-corrected chi connectivity index (χ4v) is 6.17. The molecule has 3 aliphatic rings. The predicted molar refractivity (Wildman–Crippen MR) is 114 cm³/mol. The molecule has 0 radical (unpaired) electrons. The van der Waals surface area contributed by atoms with Gasteiger partial charge in [-0.15, -0.1) is 22.7 Å². The van der Waals surface area contributed by atoms with Gasteiger partial charge >= 0.3 is 0 Å². The van der Waals surface area contributed by atoms with Gasteiger partial charge in [0.1, 0.15) is 11.5 Å². The average Bonchev–Trinajstić information content (AvgIpc) is 3.25. The molecule has 4 heterocycles. The summed E-state index contributed by atoms with van der Waals surface area (Å²) < 4.78 is 0. The van der Waals surface area contributed by atoms with Crippen molar-refractivity contribution in [3.8, 4) is 0 Å². The summed E-state index contributed by atoms with van der Waals surface area (Å²) in [5, 5.41) is 2.79. The molecule has 5 rings (SSSR count). The van der Waals surface area contributed by atoms with E-state index in [1.807, 2.05) is 27.3 Å². The third-order valence-corrected chi connectivity index (χ3v) is 8.03. The molecule has 0 atom stereocenters. The third kappa shape index (κ3) is 3.48. The monoisotopic (exact) mass is 429 g/mol. The molecule has 2 aliphatic heterocycles. The lowest BCUT2D eigenvalue weighted by atomic mass is 10.0. The Bertz CT molecular complexity index is 978. The summed E-state index contributed by atoms with van der Waals surface area (Å²) in [6.45, 7) is 1.98. The molecule has 8 heteroatoms. The zero-order valence-electron chi connectivity index (χ0n) is 16.3. The van der Waals surface area contributed by atoms with Crippen LogP contribution in [-0.2, 0) is 29.0 Å². The van der Waals surface area contributed by atoms with E-state index in [0.717, 1.165) is 33.2 Å². The number of fused-ring (bicyclic) bond motifs is 3. The van der Waals surface area contributed by atoms with Crippen molar-refractivity contribution in [2.75, 3.05) is 31.6 Å². The first-order chi connectivity index (χ1) is 14.0. The molecule has 29 heavy (non-hydrogen) atoms. The van der Waals surface area contributed by atoms with Crippen molar-refractivity contribution < 1.29 is 14.4 Å². The number of carbonyl (C=O) groups excluding carboxylic acids is 3. The minimum Gasteiger partial charge on any atom is -0.337 e. The molecule has 2 aromatic heterocycles. The van der Waals surface area contributed by atoms with E-state index in [1.165, 1.54) is 16.2 Å². The number of likely N-dealkylation sites (N-methyl/N-ethyl adjacent to an activating group) is 1. The van der Waals surface area contributed by atoms with E-state index in [-0.39, 0.29) is 24.3 Å². The summed E-state index contributed by atoms with van der Waals surface area (Å²) in [5.41, 5.74) is 1.74. The van der Waals surface area contributed by atoms with Crippen LogP contribution in [0.1, 0.15) is 38.5 Å². The highest BCUT2D eigenvalue weighted by Crippen LogP contribution is 2.43. The number of thiophene rings is 2. The lowest BCUT2D eigenvalue weighted by molar-refractivity contribution is -0.131. The lowest BCUT2D eigenvalue weighted by Crippen LogP contribution is -2.39. The summed E-state index contributed by atoms with van der Waals surface area (Å²) in [4.78, 5) is 46.0. The van der Waals surface area contributed by atoms with Crippen LogP contribution in [0, 0.1) is 5.92 Å². The van der Waals surface area contributed by atoms with Gasteiger partial charge in [0.25, 0.3) is 5.91 Å². The second-order valence-electron chi connectivity index (χ2n) is 8.11. The molecule has 1 fully saturated rings. The molecule has 152 valence electrons. The first-order valence-electron chi connectivity index (χ1n) is 10.0. The molecule has 1 aliphatic carbocycles. The number of rotatable bonds is 4. The highest BCUT2D eigenvalue weighted by molar-refractivity contribution is 7.17. The molecule has 6 nitrogen and oxygen atoms in total. The maximum Gasteiger partial charge on any atom is 0.257 e. The fraction of sp³-hybridized carbons (Fsp3) is 0.476. The Labute approximate surface area is 177 Å². The Morgan fingerprint density at radius 2 is 2.07 bits per heavy atom. The van der Waals surface area contributed by atoms with Gasteiger partial charge in [-0.25, -0.2) is 0 Å². The van der Waals surface area contributed by atoms with Crippen molar-refractivity contribution >= 4 is 45.4 Å². The van der Waals surface area contributed by atoms with Gasteiger partial charge in [0, 0.05) is 29.9 Å². The smallest absolute Gasteiger partial charge is 0.257 e. The highest BCUT2D eigenvalue weighted by Gasteiger charge is 2.39. The van der Waals surface area contributed by atoms with Crippen LogP contribution in [-0.4, -0.2) is 54.2 Å². The van der Waals surface area contributed by atoms with E-state index in [9.17, 15) is 14.4 Å². The van der Waals surface area contributed by atoms with Crippen molar-refractivity contribution in [1.82, 2.24) is 9.80 Å². The number of anilines is 1. The van der Waals surface area contributed by atoms with Gasteiger partial charge in [-0.3, -0.25) is 14.4 Å². The third-order valence-electron chi connectivity index (χ3n) is 5.91. The molecule has 0 spiro atoms. The van der Waals surface area contributed by atoms with Gasteiger partial charge in [0.2, 0.25) is 11.8 Å². The second-order valence-corrected chi connectivity index (χ2v) is 10.2. The van der Waals surface area contributed by atoms with Crippen LogP contribution in [0.15, 0.2) is 17.5 Å². The van der Waals surface area contributed by atoms with Crippen molar-refractivity contribution in [1.29, 1.82) is 0 Å². The van der Waals surface area contributed by atoms with Gasteiger partial charge in [0.05, 0.1) is 18.5 Å². The SMILES string of the molecule is CN1CC(=O)N(CC2CC2)c2sc3c(c2C1=O)CCN(C(=O)Cc1cccs1)C3. The molecule has 0 N–H and O–H groups in total. The largest absolute Gasteiger partial charge is 0.337 e. The van der Waals surface area contributed by atoms with Crippen LogP contribution >= 0.6 is 22.7 Å². The number of nitrogens with zero attached hydrogens (tertiary/aromatic N) is 3. The van der Waals surface area contributed by atoms with Crippen LogP contribution in [0.25, 0.3) is 0 Å². The van der Waals surface area contributed by atoms with Crippen molar-refractivity contribution in [2.24, 2.45) is 5.92 Å². The van der Waals surface area contributed by atoms with Crippen LogP contribution < -0.4 is 4.90 Å². The first kappa shape index (κ1) is 18.8. The number of amides is 3. The normalized spacial score (nSPS) is 19.3. The standard InChI is InChI=1S/C21H23N3O3S2/c1-22-12-18(26)24(10-13-4-5-13)21-19(20(22)27)15-6-7-23(11-16(15)29-21)17(25)9-14-3-2-8-28-14/h2-3,8,13H,4-7,9-12H2,1H3. The predicted octanol–water partition coefficient (Wildman–Crippen LogP) is 2.77. The molecule has 2 aromatic rings. The molecule has 0 saturated heterocycles. The summed E-state index contributed by atoms with van der Waals surface area (Å²) in [6, 6.07) is 3.95. The molecule has 3 amide bonds. The van der Waals surface area contributed by atoms with E-state index >= 15 is 0 Å². The van der Waals surface area contributed by atoms with Crippen molar-refractivity contribution in [2.45, 2.75) is 32.2 Å². The van der Waals surface area contributed by atoms with Crippen molar-refractivity contribution in [3.05, 3.63) is 38.4 Å². The van der Waals surface area contributed by atoms with Crippen LogP contribution in [0.5, 0.6) is 0 Å². The Kier molecular flexibility index (Phi) is 4.70. The van der Waals surface area contributed by atoms with E-state index in [0.29, 0.717) is 44.0 Å². The van der Waals surface area contributed by atoms with Crippen LogP contribution in [0.3, 0.4) is 0 Å². The van der Waals surface area contributed by atoms with Crippen LogP contribution in [0.4, 0.5) is 5.00 Å². The summed E-state index contributed by atoms with van der Waals surface area (Å²) in [5.74, 6) is 0.600. The lowest BCUT2D eigenvalue weighted by Gasteiger charge is -2.27. The van der Waals surface area contributed by atoms with E-state index in [4.69, 9.17) is 0 Å². The Morgan fingerprint density at radius 3 is 2.79 bits per heavy atom. The Balaban J connectivity index is 1.45. The minimum atomic E-state index is -0.0671. The molecular weight excluding hydrogens is 406 g/mol. The maximum absolute atomic E-state index is 13.1. The molecular formula is C21H23N3O3S2. The minimum absolute atomic E-state index is 0.00396. The number of hydrogen-bond donors (Lipinski definition) is 0. The first-order valence-corrected chi connectivity index (χ1v) is 11.7. The summed E-state index contributed by atoms with van der Waals surface area (Å²) in [7, 11) is 1.70. The average molecular weight is 430 g/mol. The van der Waals surface area contributed by atoms with Gasteiger partial charge < -0.3 is 14.7 Å². The van der Waals surface area contributed by atoms with Crippen LogP contribution in [0.2, 0.25) is 0 Å². The topological polar surface area (TPSA) is 60.9 Å². The fourth-order valence-electron chi connectivity index (χ4n) is 4.09. The van der Waals surface area contributed by atoms with Gasteiger partial charge in [-0.1, -0.05) is 6.07 Å². The second kappa shape index (κ2) is 7.25. The van der Waals surface area contributed by atoms with Gasteiger partial charge in [-0.2, -0.15) is 0 Å². The molecule has 0 bridgehead atoms. The maximum atomic E-state index is 13.1. The highest BCUT2D eigenvalue weighted by atomic mass is 32.1. The molecule has 0 unspecified atom stereocenters. The van der Waals surface area contributed by atoms with Gasteiger partial charge in [0.15, 0.2) is 0 Å². The Hall–Kier alpha value is -2.19. The van der Waals surface area contributed by atoms with E-state index < -0.39 is 0 Å². The van der Waals surface area contributed by atoms with E-state index in [2.05, 4.69) is 0 Å². The molecule has 0 aromatic carbocycles. The Morgan fingerprint density at radius 1 is 1.24 bits per heavy atom. The zero-order valence-corrected chi connectivity index (χ0v) is 18.0. The number of hydrogen-bond acceptors (Lipinski definition) is 5. The summed E-state index contributed by atoms with van der Waals surface area (Å²) in [6.07, 6.45) is 3.40. The molecule has 1 saturated carbocycles. The quantitative estimate of drug-likeness (QED) is 0.751. The van der Waals surface area contributed by atoms with Gasteiger partial charge in [-0.05, 0) is 42.2 Å². The van der Waals surface area contributed by atoms with Crippen molar-refractivity contribution in [3.63, 3.8) is 0 Å². The zero-order chi connectivity index (χ0) is 20.1.